The number of sulfone groups is 1. The van der Waals surface area contributed by atoms with Gasteiger partial charge in [0.25, 0.3) is 0 Å². The Balaban J connectivity index is 1.67. The number of alkyl halides is 1. The van der Waals surface area contributed by atoms with Crippen LogP contribution >= 0.6 is 11.6 Å². The lowest BCUT2D eigenvalue weighted by atomic mass is 10.0. The van der Waals surface area contributed by atoms with Crippen LogP contribution in [0.2, 0.25) is 0 Å². The van der Waals surface area contributed by atoms with Crippen molar-refractivity contribution >= 4 is 38.9 Å². The second kappa shape index (κ2) is 11.2. The van der Waals surface area contributed by atoms with Gasteiger partial charge in [-0.3, -0.25) is 14.7 Å². The van der Waals surface area contributed by atoms with Crippen LogP contribution in [0.1, 0.15) is 38.5 Å². The van der Waals surface area contributed by atoms with Gasteiger partial charge in [-0.15, -0.1) is 11.6 Å². The highest BCUT2D eigenvalue weighted by atomic mass is 35.5. The number of anilines is 2. The van der Waals surface area contributed by atoms with Crippen molar-refractivity contribution in [2.45, 2.75) is 43.4 Å². The maximum Gasteiger partial charge on any atom is 0.232 e. The largest absolute Gasteiger partial charge is 0.497 e. The third-order valence-corrected chi connectivity index (χ3v) is 8.42. The van der Waals surface area contributed by atoms with Crippen molar-refractivity contribution < 1.29 is 17.9 Å². The van der Waals surface area contributed by atoms with Crippen molar-refractivity contribution in [2.75, 3.05) is 17.2 Å². The Kier molecular flexibility index (Phi) is 8.03. The van der Waals surface area contributed by atoms with E-state index in [9.17, 15) is 13.2 Å². The summed E-state index contributed by atoms with van der Waals surface area (Å²) >= 11 is 5.66. The Labute approximate surface area is 211 Å². The van der Waals surface area contributed by atoms with Crippen LogP contribution in [-0.2, 0) is 14.6 Å². The van der Waals surface area contributed by atoms with Crippen molar-refractivity contribution in [3.63, 3.8) is 0 Å². The van der Waals surface area contributed by atoms with Crippen molar-refractivity contribution in [3.05, 3.63) is 60.9 Å². The lowest BCUT2D eigenvalue weighted by molar-refractivity contribution is -0.118. The van der Waals surface area contributed by atoms with E-state index in [2.05, 4.69) is 9.97 Å². The lowest BCUT2D eigenvalue weighted by Crippen LogP contribution is -2.27. The number of benzene rings is 2. The molecule has 4 rings (SSSR count). The zero-order valence-corrected chi connectivity index (χ0v) is 21.1. The molecule has 0 radical (unpaired) electrons. The average Bonchev–Trinajstić information content (AvgIpc) is 3.42. The first-order valence-electron chi connectivity index (χ1n) is 11.6. The molecule has 0 saturated heterocycles. The van der Waals surface area contributed by atoms with Gasteiger partial charge in [-0.2, -0.15) is 0 Å². The van der Waals surface area contributed by atoms with Crippen LogP contribution in [0.4, 0.5) is 11.5 Å². The standard InChI is InChI=1S/C26H28ClN3O4S/c1-34-22-10-4-8-20(14-22)24-16-29-25(17-28-24)30(26(31)13-12-19-6-2-3-7-19)21-9-5-11-23(15-21)35(32,33)18-27/h4-5,8-11,14-17,19H,2-3,6-7,12-13,18H2,1H3. The summed E-state index contributed by atoms with van der Waals surface area (Å²) in [5.74, 6) is 1.42. The van der Waals surface area contributed by atoms with Crippen LogP contribution in [0.25, 0.3) is 11.3 Å². The second-order valence-corrected chi connectivity index (χ2v) is 11.2. The summed E-state index contributed by atoms with van der Waals surface area (Å²) in [5.41, 5.74) is 1.87. The molecule has 184 valence electrons. The van der Waals surface area contributed by atoms with E-state index in [1.807, 2.05) is 24.3 Å². The predicted octanol–water partition coefficient (Wildman–Crippen LogP) is 5.76. The molecule has 7 nitrogen and oxygen atoms in total. The van der Waals surface area contributed by atoms with E-state index in [0.29, 0.717) is 35.3 Å². The first-order valence-corrected chi connectivity index (χ1v) is 13.8. The smallest absolute Gasteiger partial charge is 0.232 e. The zero-order valence-electron chi connectivity index (χ0n) is 19.6. The fraction of sp³-hybridized carbons (Fsp3) is 0.346. The minimum Gasteiger partial charge on any atom is -0.497 e. The Morgan fingerprint density at radius 2 is 1.86 bits per heavy atom. The van der Waals surface area contributed by atoms with Gasteiger partial charge in [0.1, 0.15) is 11.0 Å². The topological polar surface area (TPSA) is 89.5 Å². The Morgan fingerprint density at radius 1 is 1.09 bits per heavy atom. The molecule has 1 heterocycles. The predicted molar refractivity (Wildman–Crippen MR) is 137 cm³/mol. The van der Waals surface area contributed by atoms with Crippen LogP contribution in [0.3, 0.4) is 0 Å². The van der Waals surface area contributed by atoms with Crippen LogP contribution in [-0.4, -0.2) is 36.6 Å². The minimum absolute atomic E-state index is 0.0551. The van der Waals surface area contributed by atoms with E-state index in [-0.39, 0.29) is 10.8 Å². The van der Waals surface area contributed by atoms with Crippen molar-refractivity contribution in [1.29, 1.82) is 0 Å². The number of methoxy groups -OCH3 is 1. The molecular weight excluding hydrogens is 486 g/mol. The first kappa shape index (κ1) is 25.1. The number of ether oxygens (including phenoxy) is 1. The summed E-state index contributed by atoms with van der Waals surface area (Å²) in [6, 6.07) is 13.7. The first-order chi connectivity index (χ1) is 16.9. The van der Waals surface area contributed by atoms with Gasteiger partial charge < -0.3 is 4.74 Å². The number of carbonyl (C=O) groups excluding carboxylic acids is 1. The molecule has 1 amide bonds. The molecule has 1 fully saturated rings. The third kappa shape index (κ3) is 6.00. The van der Waals surface area contributed by atoms with Gasteiger partial charge >= 0.3 is 0 Å². The van der Waals surface area contributed by atoms with Crippen LogP contribution in [0, 0.1) is 5.92 Å². The van der Waals surface area contributed by atoms with E-state index in [1.54, 1.807) is 25.4 Å². The number of halogens is 1. The summed E-state index contributed by atoms with van der Waals surface area (Å²) in [7, 11) is -2.06. The number of aromatic nitrogens is 2. The van der Waals surface area contributed by atoms with Gasteiger partial charge in [0.15, 0.2) is 15.7 Å². The van der Waals surface area contributed by atoms with Gasteiger partial charge in [-0.25, -0.2) is 13.4 Å². The number of hydrogen-bond donors (Lipinski definition) is 0. The third-order valence-electron chi connectivity index (χ3n) is 6.30. The van der Waals surface area contributed by atoms with E-state index in [1.165, 1.54) is 36.1 Å². The molecule has 35 heavy (non-hydrogen) atoms. The molecule has 2 aromatic carbocycles. The SMILES string of the molecule is COc1cccc(-c2cnc(N(C(=O)CCC3CCCC3)c3cccc(S(=O)(=O)CCl)c3)cn2)c1. The summed E-state index contributed by atoms with van der Waals surface area (Å²) < 4.78 is 30.0. The molecule has 0 N–H and O–H groups in total. The van der Waals surface area contributed by atoms with E-state index < -0.39 is 15.0 Å². The highest BCUT2D eigenvalue weighted by molar-refractivity contribution is 7.92. The molecule has 0 spiro atoms. The van der Waals surface area contributed by atoms with Gasteiger partial charge in [0, 0.05) is 12.0 Å². The molecule has 1 saturated carbocycles. The molecule has 1 aliphatic carbocycles. The lowest BCUT2D eigenvalue weighted by Gasteiger charge is -2.23. The van der Waals surface area contributed by atoms with E-state index >= 15 is 0 Å². The van der Waals surface area contributed by atoms with E-state index in [4.69, 9.17) is 16.3 Å². The molecule has 3 aromatic rings. The van der Waals surface area contributed by atoms with E-state index in [0.717, 1.165) is 24.8 Å². The van der Waals surface area contributed by atoms with Crippen molar-refractivity contribution in [1.82, 2.24) is 9.97 Å². The fourth-order valence-electron chi connectivity index (χ4n) is 4.39. The van der Waals surface area contributed by atoms with Gasteiger partial charge in [0.2, 0.25) is 5.91 Å². The molecular formula is C26H28ClN3O4S. The number of carbonyl (C=O) groups is 1. The molecule has 1 aliphatic rings. The number of amides is 1. The molecule has 1 aromatic heterocycles. The Hall–Kier alpha value is -2.97. The number of nitrogens with zero attached hydrogens (tertiary/aromatic N) is 3. The summed E-state index contributed by atoms with van der Waals surface area (Å²) in [6.07, 6.45) is 8.97. The summed E-state index contributed by atoms with van der Waals surface area (Å²) in [4.78, 5) is 24.0. The summed E-state index contributed by atoms with van der Waals surface area (Å²) in [6.45, 7) is 0. The molecule has 0 aliphatic heterocycles. The Bertz CT molecular complexity index is 1280. The Morgan fingerprint density at radius 3 is 2.54 bits per heavy atom. The monoisotopic (exact) mass is 513 g/mol. The van der Waals surface area contributed by atoms with Crippen LogP contribution < -0.4 is 9.64 Å². The maximum atomic E-state index is 13.4. The highest BCUT2D eigenvalue weighted by Crippen LogP contribution is 2.32. The van der Waals surface area contributed by atoms with Crippen molar-refractivity contribution in [3.8, 4) is 17.0 Å². The van der Waals surface area contributed by atoms with Gasteiger partial charge in [-0.05, 0) is 42.7 Å². The van der Waals surface area contributed by atoms with Crippen LogP contribution in [0.15, 0.2) is 65.8 Å². The molecule has 0 unspecified atom stereocenters. The van der Waals surface area contributed by atoms with Crippen molar-refractivity contribution in [2.24, 2.45) is 5.92 Å². The summed E-state index contributed by atoms with van der Waals surface area (Å²) in [5, 5.41) is -0.541. The molecule has 9 heteroatoms. The van der Waals surface area contributed by atoms with Crippen LogP contribution in [0.5, 0.6) is 5.75 Å². The van der Waals surface area contributed by atoms with Gasteiger partial charge in [0.05, 0.1) is 35.8 Å². The normalized spacial score (nSPS) is 14.1. The van der Waals surface area contributed by atoms with Gasteiger partial charge in [-0.1, -0.05) is 43.9 Å². The number of rotatable bonds is 9. The second-order valence-electron chi connectivity index (χ2n) is 8.63. The quantitative estimate of drug-likeness (QED) is 0.338. The molecule has 0 bridgehead atoms. The fourth-order valence-corrected chi connectivity index (χ4v) is 5.48. The molecule has 0 atom stereocenters. The maximum absolute atomic E-state index is 13.4. The zero-order chi connectivity index (χ0) is 24.8. The highest BCUT2D eigenvalue weighted by Gasteiger charge is 2.24. The average molecular weight is 514 g/mol. The number of hydrogen-bond acceptors (Lipinski definition) is 6. The minimum atomic E-state index is -3.66.